The van der Waals surface area contributed by atoms with Gasteiger partial charge in [-0.25, -0.2) is 4.39 Å². The number of nitrogens with zero attached hydrogens (tertiary/aromatic N) is 1. The third kappa shape index (κ3) is 3.38. The van der Waals surface area contributed by atoms with E-state index in [9.17, 15) is 14.0 Å². The molecule has 1 amide bonds. The Bertz CT molecular complexity index is 558. The SMILES string of the molecule is N#C[C@@H](C(=O)NC1CC1)C(=O)c1cc(F)cc(Br)c1. The maximum absolute atomic E-state index is 13.2. The number of halogens is 2. The average Bonchev–Trinajstić information content (AvgIpc) is 3.12. The Morgan fingerprint density at radius 2 is 2.11 bits per heavy atom. The molecule has 0 unspecified atom stereocenters. The summed E-state index contributed by atoms with van der Waals surface area (Å²) in [4.78, 5) is 23.8. The first-order valence-corrected chi connectivity index (χ1v) is 6.51. The number of benzene rings is 1. The lowest BCUT2D eigenvalue weighted by molar-refractivity contribution is -0.122. The van der Waals surface area contributed by atoms with E-state index in [0.717, 1.165) is 18.9 Å². The summed E-state index contributed by atoms with van der Waals surface area (Å²) < 4.78 is 13.6. The summed E-state index contributed by atoms with van der Waals surface area (Å²) in [5.41, 5.74) is 0.00405. The second-order valence-corrected chi connectivity index (χ2v) is 5.28. The Labute approximate surface area is 117 Å². The minimum Gasteiger partial charge on any atom is -0.352 e. The third-order valence-electron chi connectivity index (χ3n) is 2.72. The molecule has 1 aliphatic carbocycles. The van der Waals surface area contributed by atoms with Crippen molar-refractivity contribution in [1.29, 1.82) is 5.26 Å². The van der Waals surface area contributed by atoms with E-state index in [-0.39, 0.29) is 11.6 Å². The van der Waals surface area contributed by atoms with Crippen molar-refractivity contribution in [2.24, 2.45) is 5.92 Å². The van der Waals surface area contributed by atoms with Crippen molar-refractivity contribution in [3.05, 3.63) is 34.1 Å². The normalized spacial score (nSPS) is 15.4. The van der Waals surface area contributed by atoms with E-state index in [4.69, 9.17) is 5.26 Å². The minimum absolute atomic E-state index is 0.00405. The molecule has 1 N–H and O–H groups in total. The molecular weight excluding hydrogens is 315 g/mol. The maximum atomic E-state index is 13.2. The predicted octanol–water partition coefficient (Wildman–Crippen LogP) is 2.19. The fraction of sp³-hybridized carbons (Fsp3) is 0.308. The highest BCUT2D eigenvalue weighted by molar-refractivity contribution is 9.10. The van der Waals surface area contributed by atoms with Crippen molar-refractivity contribution >= 4 is 27.6 Å². The van der Waals surface area contributed by atoms with Gasteiger partial charge < -0.3 is 5.32 Å². The lowest BCUT2D eigenvalue weighted by Crippen LogP contribution is -2.36. The average molecular weight is 325 g/mol. The largest absolute Gasteiger partial charge is 0.352 e. The van der Waals surface area contributed by atoms with Crippen LogP contribution in [0.3, 0.4) is 0 Å². The van der Waals surface area contributed by atoms with Crippen LogP contribution in [-0.2, 0) is 4.79 Å². The van der Waals surface area contributed by atoms with Gasteiger partial charge in [0.05, 0.1) is 6.07 Å². The van der Waals surface area contributed by atoms with E-state index in [1.165, 1.54) is 12.1 Å². The van der Waals surface area contributed by atoms with Crippen LogP contribution in [0.5, 0.6) is 0 Å². The van der Waals surface area contributed by atoms with E-state index in [0.29, 0.717) is 4.47 Å². The summed E-state index contributed by atoms with van der Waals surface area (Å²) >= 11 is 3.06. The first-order valence-electron chi connectivity index (χ1n) is 5.71. The smallest absolute Gasteiger partial charge is 0.245 e. The van der Waals surface area contributed by atoms with Gasteiger partial charge in [-0.15, -0.1) is 0 Å². The Balaban J connectivity index is 2.19. The van der Waals surface area contributed by atoms with Crippen molar-refractivity contribution in [2.45, 2.75) is 18.9 Å². The van der Waals surface area contributed by atoms with Gasteiger partial charge in [0.25, 0.3) is 0 Å². The zero-order valence-electron chi connectivity index (χ0n) is 9.82. The highest BCUT2D eigenvalue weighted by Crippen LogP contribution is 2.21. The number of hydrogen-bond acceptors (Lipinski definition) is 3. The van der Waals surface area contributed by atoms with Crippen LogP contribution in [0.2, 0.25) is 0 Å². The van der Waals surface area contributed by atoms with Gasteiger partial charge in [-0.3, -0.25) is 9.59 Å². The molecule has 4 nitrogen and oxygen atoms in total. The monoisotopic (exact) mass is 324 g/mol. The van der Waals surface area contributed by atoms with Crippen LogP contribution < -0.4 is 5.32 Å². The van der Waals surface area contributed by atoms with Crippen molar-refractivity contribution < 1.29 is 14.0 Å². The molecule has 1 aromatic carbocycles. The maximum Gasteiger partial charge on any atom is 0.245 e. The van der Waals surface area contributed by atoms with Gasteiger partial charge >= 0.3 is 0 Å². The lowest BCUT2D eigenvalue weighted by Gasteiger charge is -2.09. The Morgan fingerprint density at radius 3 is 2.63 bits per heavy atom. The standard InChI is InChI=1S/C13H10BrFN2O2/c14-8-3-7(4-9(15)5-8)12(18)11(6-16)13(19)17-10-1-2-10/h3-5,10-11H,1-2H2,(H,17,19)/t11-/m1/s1. The topological polar surface area (TPSA) is 70.0 Å². The van der Waals surface area contributed by atoms with Gasteiger partial charge in [-0.2, -0.15) is 5.26 Å². The molecule has 0 saturated heterocycles. The van der Waals surface area contributed by atoms with Gasteiger partial charge in [0, 0.05) is 16.1 Å². The zero-order valence-corrected chi connectivity index (χ0v) is 11.4. The summed E-state index contributed by atoms with van der Waals surface area (Å²) in [5, 5.41) is 11.6. The number of hydrogen-bond donors (Lipinski definition) is 1. The minimum atomic E-state index is -1.44. The van der Waals surface area contributed by atoms with Crippen LogP contribution >= 0.6 is 15.9 Å². The molecule has 2 rings (SSSR count). The van der Waals surface area contributed by atoms with Crippen LogP contribution in [-0.4, -0.2) is 17.7 Å². The lowest BCUT2D eigenvalue weighted by atomic mass is 9.98. The molecule has 1 atom stereocenters. The van der Waals surface area contributed by atoms with Crippen LogP contribution in [0.15, 0.2) is 22.7 Å². The summed E-state index contributed by atoms with van der Waals surface area (Å²) in [6.45, 7) is 0. The number of carbonyl (C=O) groups excluding carboxylic acids is 2. The molecule has 1 fully saturated rings. The van der Waals surface area contributed by atoms with E-state index in [1.54, 1.807) is 6.07 Å². The van der Waals surface area contributed by atoms with Gasteiger partial charge in [0.1, 0.15) is 5.82 Å². The Morgan fingerprint density at radius 1 is 1.42 bits per heavy atom. The number of nitrogens with one attached hydrogen (secondary N) is 1. The van der Waals surface area contributed by atoms with Crippen molar-refractivity contribution in [3.8, 4) is 6.07 Å². The molecule has 19 heavy (non-hydrogen) atoms. The highest BCUT2D eigenvalue weighted by atomic mass is 79.9. The zero-order chi connectivity index (χ0) is 14.0. The summed E-state index contributed by atoms with van der Waals surface area (Å²) in [5.74, 6) is -3.34. The van der Waals surface area contributed by atoms with Crippen LogP contribution in [0.1, 0.15) is 23.2 Å². The van der Waals surface area contributed by atoms with E-state index in [1.807, 2.05) is 0 Å². The summed E-state index contributed by atoms with van der Waals surface area (Å²) in [6, 6.07) is 5.34. The molecule has 98 valence electrons. The molecule has 0 aromatic heterocycles. The Kier molecular flexibility index (Phi) is 3.96. The molecule has 1 aromatic rings. The number of nitriles is 1. The number of rotatable bonds is 4. The fourth-order valence-electron chi connectivity index (χ4n) is 1.61. The number of ketones is 1. The fourth-order valence-corrected chi connectivity index (χ4v) is 2.08. The van der Waals surface area contributed by atoms with Gasteiger partial charge in [-0.1, -0.05) is 15.9 Å². The molecule has 0 radical (unpaired) electrons. The quantitative estimate of drug-likeness (QED) is 0.681. The van der Waals surface area contributed by atoms with E-state index < -0.39 is 23.4 Å². The predicted molar refractivity (Wildman–Crippen MR) is 68.7 cm³/mol. The second-order valence-electron chi connectivity index (χ2n) is 4.37. The number of Topliss-reactive ketones (excluding diaryl/α,β-unsaturated/α-hetero) is 1. The van der Waals surface area contributed by atoms with Gasteiger partial charge in [-0.05, 0) is 31.0 Å². The molecule has 0 spiro atoms. The molecule has 0 heterocycles. The van der Waals surface area contributed by atoms with Gasteiger partial charge in [0.2, 0.25) is 5.91 Å². The van der Waals surface area contributed by atoms with Gasteiger partial charge in [0.15, 0.2) is 11.7 Å². The molecule has 0 aliphatic heterocycles. The first-order chi connectivity index (χ1) is 9.01. The van der Waals surface area contributed by atoms with Crippen molar-refractivity contribution in [1.82, 2.24) is 5.32 Å². The number of carbonyl (C=O) groups is 2. The highest BCUT2D eigenvalue weighted by Gasteiger charge is 2.32. The molecular formula is C13H10BrFN2O2. The van der Waals surface area contributed by atoms with Crippen LogP contribution in [0, 0.1) is 23.1 Å². The van der Waals surface area contributed by atoms with Crippen molar-refractivity contribution in [3.63, 3.8) is 0 Å². The van der Waals surface area contributed by atoms with Crippen LogP contribution in [0.25, 0.3) is 0 Å². The molecule has 1 saturated carbocycles. The van der Waals surface area contributed by atoms with Crippen LogP contribution in [0.4, 0.5) is 4.39 Å². The molecule has 1 aliphatic rings. The molecule has 0 bridgehead atoms. The van der Waals surface area contributed by atoms with E-state index >= 15 is 0 Å². The van der Waals surface area contributed by atoms with Crippen molar-refractivity contribution in [2.75, 3.05) is 0 Å². The third-order valence-corrected chi connectivity index (χ3v) is 3.18. The van der Waals surface area contributed by atoms with E-state index in [2.05, 4.69) is 21.2 Å². The first kappa shape index (κ1) is 13.7. The Hall–Kier alpha value is -1.74. The number of amides is 1. The summed E-state index contributed by atoms with van der Waals surface area (Å²) in [6.07, 6.45) is 1.73. The second kappa shape index (κ2) is 5.49. The molecule has 6 heteroatoms. The summed E-state index contributed by atoms with van der Waals surface area (Å²) in [7, 11) is 0.